The van der Waals surface area contributed by atoms with Gasteiger partial charge in [0, 0.05) is 17.9 Å². The Kier molecular flexibility index (Phi) is 4.62. The lowest BCUT2D eigenvalue weighted by atomic mass is 10.2. The number of pyridine rings is 1. The summed E-state index contributed by atoms with van der Waals surface area (Å²) >= 11 is 0. The van der Waals surface area contributed by atoms with Crippen LogP contribution in [0.3, 0.4) is 0 Å². The fourth-order valence-corrected chi connectivity index (χ4v) is 2.01. The van der Waals surface area contributed by atoms with E-state index in [0.29, 0.717) is 25.3 Å². The van der Waals surface area contributed by atoms with Crippen LogP contribution in [0.5, 0.6) is 5.75 Å². The average molecular weight is 283 g/mol. The van der Waals surface area contributed by atoms with Crippen molar-refractivity contribution in [2.75, 3.05) is 12.3 Å². The van der Waals surface area contributed by atoms with Gasteiger partial charge in [-0.05, 0) is 49.7 Å². The number of nitrogen functional groups attached to an aromatic ring is 1. The largest absolute Gasteiger partial charge is 0.494 e. The fourth-order valence-electron chi connectivity index (χ4n) is 2.01. The van der Waals surface area contributed by atoms with Gasteiger partial charge in [-0.2, -0.15) is 5.26 Å². The second-order valence-electron chi connectivity index (χ2n) is 4.73. The molecular weight excluding hydrogens is 266 g/mol. The number of anilines is 1. The molecule has 1 heterocycles. The Bertz CT molecular complexity index is 712. The van der Waals surface area contributed by atoms with E-state index >= 15 is 0 Å². The Balaban J connectivity index is 1.94. The van der Waals surface area contributed by atoms with Crippen molar-refractivity contribution in [2.45, 2.75) is 19.9 Å². The first-order valence-electron chi connectivity index (χ1n) is 6.70. The molecule has 0 spiro atoms. The number of nitrogens with two attached hydrogens (primary N) is 1. The quantitative estimate of drug-likeness (QED) is 0.673. The molecular formula is C16H17N3O2. The summed E-state index contributed by atoms with van der Waals surface area (Å²) in [4.78, 5) is 12.0. The third kappa shape index (κ3) is 3.63. The molecule has 0 aliphatic heterocycles. The van der Waals surface area contributed by atoms with Gasteiger partial charge >= 0.3 is 0 Å². The Morgan fingerprint density at radius 1 is 1.24 bits per heavy atom. The summed E-state index contributed by atoms with van der Waals surface area (Å²) in [5, 5.41) is 8.88. The van der Waals surface area contributed by atoms with E-state index in [2.05, 4.69) is 0 Å². The molecule has 0 atom stereocenters. The van der Waals surface area contributed by atoms with E-state index < -0.39 is 0 Å². The second kappa shape index (κ2) is 6.62. The summed E-state index contributed by atoms with van der Waals surface area (Å²) in [5.74, 6) is 0.749. The minimum absolute atomic E-state index is 0.167. The highest BCUT2D eigenvalue weighted by atomic mass is 16.5. The van der Waals surface area contributed by atoms with E-state index in [-0.39, 0.29) is 11.1 Å². The zero-order chi connectivity index (χ0) is 15.2. The summed E-state index contributed by atoms with van der Waals surface area (Å²) in [6, 6.07) is 12.4. The van der Waals surface area contributed by atoms with Crippen LogP contribution in [0.4, 0.5) is 5.69 Å². The molecule has 0 bridgehead atoms. The van der Waals surface area contributed by atoms with Crippen LogP contribution in [0, 0.1) is 18.3 Å². The third-order valence-corrected chi connectivity index (χ3v) is 3.19. The van der Waals surface area contributed by atoms with Crippen molar-refractivity contribution < 1.29 is 4.74 Å². The highest BCUT2D eigenvalue weighted by molar-refractivity contribution is 5.41. The number of aromatic nitrogens is 1. The lowest BCUT2D eigenvalue weighted by Crippen LogP contribution is -2.25. The zero-order valence-electron chi connectivity index (χ0n) is 11.9. The normalized spacial score (nSPS) is 10.1. The second-order valence-corrected chi connectivity index (χ2v) is 4.73. The Hall–Kier alpha value is -2.74. The lowest BCUT2D eigenvalue weighted by Gasteiger charge is -2.11. The first-order valence-corrected chi connectivity index (χ1v) is 6.70. The summed E-state index contributed by atoms with van der Waals surface area (Å²) in [5.41, 5.74) is 7.05. The topological polar surface area (TPSA) is 81.0 Å². The average Bonchev–Trinajstić information content (AvgIpc) is 2.48. The zero-order valence-corrected chi connectivity index (χ0v) is 11.9. The monoisotopic (exact) mass is 283 g/mol. The van der Waals surface area contributed by atoms with E-state index in [4.69, 9.17) is 15.7 Å². The SMILES string of the molecule is Cc1ccc(C#N)c(=O)n1CCCOc1ccc(N)cc1. The van der Waals surface area contributed by atoms with Crippen molar-refractivity contribution in [1.29, 1.82) is 5.26 Å². The number of hydrogen-bond acceptors (Lipinski definition) is 4. The van der Waals surface area contributed by atoms with Gasteiger partial charge in [-0.3, -0.25) is 4.79 Å². The van der Waals surface area contributed by atoms with Gasteiger partial charge < -0.3 is 15.0 Å². The molecule has 2 aromatic rings. The Morgan fingerprint density at radius 3 is 2.62 bits per heavy atom. The van der Waals surface area contributed by atoms with E-state index in [1.165, 1.54) is 0 Å². The van der Waals surface area contributed by atoms with Crippen LogP contribution in [-0.2, 0) is 6.54 Å². The molecule has 108 valence electrons. The van der Waals surface area contributed by atoms with Crippen LogP contribution in [-0.4, -0.2) is 11.2 Å². The van der Waals surface area contributed by atoms with E-state index in [9.17, 15) is 4.79 Å². The van der Waals surface area contributed by atoms with Crippen LogP contribution in [0.25, 0.3) is 0 Å². The molecule has 0 radical (unpaired) electrons. The highest BCUT2D eigenvalue weighted by Gasteiger charge is 2.05. The van der Waals surface area contributed by atoms with Gasteiger partial charge in [-0.25, -0.2) is 0 Å². The maximum absolute atomic E-state index is 12.0. The molecule has 1 aromatic carbocycles. The van der Waals surface area contributed by atoms with Gasteiger partial charge in [0.15, 0.2) is 0 Å². The number of ether oxygens (including phenoxy) is 1. The molecule has 0 saturated heterocycles. The fraction of sp³-hybridized carbons (Fsp3) is 0.250. The number of aryl methyl sites for hydroxylation is 1. The third-order valence-electron chi connectivity index (χ3n) is 3.19. The van der Waals surface area contributed by atoms with Crippen molar-refractivity contribution in [2.24, 2.45) is 0 Å². The number of nitriles is 1. The molecule has 0 amide bonds. The number of hydrogen-bond donors (Lipinski definition) is 1. The predicted octanol–water partition coefficient (Wildman–Crippen LogP) is 2.08. The lowest BCUT2D eigenvalue weighted by molar-refractivity contribution is 0.300. The first-order chi connectivity index (χ1) is 10.1. The van der Waals surface area contributed by atoms with Gasteiger partial charge in [0.2, 0.25) is 0 Å². The van der Waals surface area contributed by atoms with Gasteiger partial charge in [0.05, 0.1) is 6.61 Å². The summed E-state index contributed by atoms with van der Waals surface area (Å²) in [6.45, 7) is 2.87. The van der Waals surface area contributed by atoms with Crippen LogP contribution in [0.15, 0.2) is 41.2 Å². The molecule has 0 aliphatic rings. The Morgan fingerprint density at radius 2 is 1.95 bits per heavy atom. The van der Waals surface area contributed by atoms with Crippen LogP contribution in [0.2, 0.25) is 0 Å². The van der Waals surface area contributed by atoms with Gasteiger partial charge in [0.1, 0.15) is 17.4 Å². The molecule has 0 saturated carbocycles. The summed E-state index contributed by atoms with van der Waals surface area (Å²) in [7, 11) is 0. The molecule has 1 aromatic heterocycles. The van der Waals surface area contributed by atoms with Gasteiger partial charge in [-0.15, -0.1) is 0 Å². The molecule has 0 unspecified atom stereocenters. The molecule has 21 heavy (non-hydrogen) atoms. The maximum atomic E-state index is 12.0. The number of benzene rings is 1. The van der Waals surface area contributed by atoms with Crippen LogP contribution >= 0.6 is 0 Å². The summed E-state index contributed by atoms with van der Waals surface area (Å²) < 4.78 is 7.19. The van der Waals surface area contributed by atoms with Crippen LogP contribution in [0.1, 0.15) is 17.7 Å². The van der Waals surface area contributed by atoms with Crippen molar-refractivity contribution in [3.05, 3.63) is 58.0 Å². The van der Waals surface area contributed by atoms with E-state index in [0.717, 1.165) is 11.4 Å². The van der Waals surface area contributed by atoms with E-state index in [1.807, 2.05) is 25.1 Å². The molecule has 2 rings (SSSR count). The molecule has 5 nitrogen and oxygen atoms in total. The minimum Gasteiger partial charge on any atom is -0.494 e. The van der Waals surface area contributed by atoms with Crippen LogP contribution < -0.4 is 16.0 Å². The minimum atomic E-state index is -0.245. The van der Waals surface area contributed by atoms with E-state index in [1.54, 1.807) is 28.8 Å². The van der Waals surface area contributed by atoms with Gasteiger partial charge in [-0.1, -0.05) is 0 Å². The van der Waals surface area contributed by atoms with Crippen molar-refractivity contribution in [3.63, 3.8) is 0 Å². The molecule has 0 fully saturated rings. The first kappa shape index (κ1) is 14.7. The van der Waals surface area contributed by atoms with Crippen molar-refractivity contribution >= 4 is 5.69 Å². The molecule has 0 aliphatic carbocycles. The standard InChI is InChI=1S/C16H17N3O2/c1-12-3-4-13(11-17)16(20)19(12)9-2-10-21-15-7-5-14(18)6-8-15/h3-8H,2,9-10,18H2,1H3. The summed E-state index contributed by atoms with van der Waals surface area (Å²) in [6.07, 6.45) is 0.681. The predicted molar refractivity (Wildman–Crippen MR) is 81.1 cm³/mol. The van der Waals surface area contributed by atoms with Gasteiger partial charge in [0.25, 0.3) is 5.56 Å². The highest BCUT2D eigenvalue weighted by Crippen LogP contribution is 2.13. The Labute approximate surface area is 123 Å². The maximum Gasteiger partial charge on any atom is 0.268 e. The smallest absolute Gasteiger partial charge is 0.268 e. The molecule has 2 N–H and O–H groups in total. The number of rotatable bonds is 5. The number of nitrogens with zero attached hydrogens (tertiary/aromatic N) is 2. The van der Waals surface area contributed by atoms with Crippen molar-refractivity contribution in [3.8, 4) is 11.8 Å². The van der Waals surface area contributed by atoms with Crippen molar-refractivity contribution in [1.82, 2.24) is 4.57 Å². The molecule has 5 heteroatoms.